The zero-order valence-electron chi connectivity index (χ0n) is 19.5. The molecule has 164 valence electrons. The molecule has 1 nitrogen and oxygen atoms in total. The summed E-state index contributed by atoms with van der Waals surface area (Å²) < 4.78 is 15.4. The Hall–Kier alpha value is -3.15. The molecule has 2 atom stereocenters. The fraction of sp³-hybridized carbons (Fsp3) is 0.161. The van der Waals surface area contributed by atoms with E-state index in [9.17, 15) is 0 Å². The number of hydrogen-bond acceptors (Lipinski definition) is 1. The highest BCUT2D eigenvalue weighted by Gasteiger charge is 2.40. The van der Waals surface area contributed by atoms with E-state index in [0.29, 0.717) is 0 Å². The molecule has 5 rings (SSSR count). The maximum absolute atomic E-state index is 15.4. The molecule has 0 saturated carbocycles. The molecule has 0 bridgehead atoms. The largest absolute Gasteiger partial charge is 0.313 e. The van der Waals surface area contributed by atoms with E-state index in [4.69, 9.17) is 0 Å². The number of rotatable bonds is 5. The van der Waals surface area contributed by atoms with Crippen LogP contribution in [-0.4, -0.2) is 0 Å². The van der Waals surface area contributed by atoms with E-state index >= 15 is 4.57 Å². The Labute approximate surface area is 197 Å². The van der Waals surface area contributed by atoms with Crippen LogP contribution >= 0.6 is 7.14 Å². The van der Waals surface area contributed by atoms with Gasteiger partial charge in [0.15, 0.2) is 7.14 Å². The van der Waals surface area contributed by atoms with Gasteiger partial charge in [0.25, 0.3) is 0 Å². The first-order chi connectivity index (χ1) is 16.0. The molecule has 0 radical (unpaired) electrons. The summed E-state index contributed by atoms with van der Waals surface area (Å²) in [5.74, 6) is 0. The lowest BCUT2D eigenvalue weighted by atomic mass is 9.94. The molecule has 33 heavy (non-hydrogen) atoms. The van der Waals surface area contributed by atoms with Gasteiger partial charge in [0.1, 0.15) is 0 Å². The van der Waals surface area contributed by atoms with Gasteiger partial charge in [0, 0.05) is 10.6 Å². The van der Waals surface area contributed by atoms with Gasteiger partial charge in [-0.05, 0) is 60.6 Å². The second kappa shape index (κ2) is 8.65. The van der Waals surface area contributed by atoms with Crippen LogP contribution in [0.15, 0.2) is 97.1 Å². The quantitative estimate of drug-likeness (QED) is 0.293. The third-order valence-corrected chi connectivity index (χ3v) is 10.3. The normalized spacial score (nSPS) is 16.4. The number of benzene rings is 4. The SMILES string of the molecule is Cc1cc(C)c(Cc2ccccc2P(=O)(c2ccccc2)C2C=Cc3ccccc32)c(C)c1. The Morgan fingerprint density at radius 3 is 2.15 bits per heavy atom. The van der Waals surface area contributed by atoms with Crippen LogP contribution < -0.4 is 10.6 Å². The summed E-state index contributed by atoms with van der Waals surface area (Å²) in [5.41, 5.74) is 8.52. The first-order valence-corrected chi connectivity index (χ1v) is 13.3. The monoisotopic (exact) mass is 448 g/mol. The highest BCUT2D eigenvalue weighted by Crippen LogP contribution is 2.61. The number of fused-ring (bicyclic) bond motifs is 1. The Kier molecular flexibility index (Phi) is 5.69. The standard InChI is InChI=1S/C31H29OP/c1-22-19-23(2)29(24(3)20-22)21-26-12-8-10-16-30(26)33(32,27-13-5-4-6-14-27)31-18-17-25-11-7-9-15-28(25)31/h4-20,31H,21H2,1-3H3. The van der Waals surface area contributed by atoms with E-state index in [1.165, 1.54) is 27.8 Å². The van der Waals surface area contributed by atoms with Crippen molar-refractivity contribution >= 4 is 23.8 Å². The average Bonchev–Trinajstić information content (AvgIpc) is 3.26. The lowest BCUT2D eigenvalue weighted by Crippen LogP contribution is -2.23. The molecule has 4 aromatic carbocycles. The minimum Gasteiger partial charge on any atom is -0.313 e. The number of hydrogen-bond donors (Lipinski definition) is 0. The van der Waals surface area contributed by atoms with E-state index in [2.05, 4.69) is 87.5 Å². The second-order valence-corrected chi connectivity index (χ2v) is 12.0. The average molecular weight is 449 g/mol. The summed E-state index contributed by atoms with van der Waals surface area (Å²) in [7, 11) is -3.01. The lowest BCUT2D eigenvalue weighted by Gasteiger charge is -2.28. The van der Waals surface area contributed by atoms with E-state index in [1.807, 2.05) is 36.4 Å². The van der Waals surface area contributed by atoms with E-state index in [1.54, 1.807) is 0 Å². The van der Waals surface area contributed by atoms with Crippen LogP contribution in [0.4, 0.5) is 0 Å². The molecule has 2 unspecified atom stereocenters. The predicted molar refractivity (Wildman–Crippen MR) is 141 cm³/mol. The van der Waals surface area contributed by atoms with Crippen LogP contribution in [0, 0.1) is 20.8 Å². The summed E-state index contributed by atoms with van der Waals surface area (Å²) in [6.45, 7) is 6.51. The van der Waals surface area contributed by atoms with Gasteiger partial charge < -0.3 is 4.57 Å². The Balaban J connectivity index is 1.71. The fourth-order valence-electron chi connectivity index (χ4n) is 5.31. The molecule has 0 aliphatic heterocycles. The Morgan fingerprint density at radius 2 is 1.39 bits per heavy atom. The molecule has 0 heterocycles. The maximum atomic E-state index is 15.4. The van der Waals surface area contributed by atoms with E-state index in [0.717, 1.165) is 28.2 Å². The maximum Gasteiger partial charge on any atom is 0.154 e. The van der Waals surface area contributed by atoms with Crippen LogP contribution in [0.2, 0.25) is 0 Å². The van der Waals surface area contributed by atoms with Gasteiger partial charge in [-0.25, -0.2) is 0 Å². The summed E-state index contributed by atoms with van der Waals surface area (Å²) in [5, 5.41) is 1.89. The van der Waals surface area contributed by atoms with Crippen LogP contribution in [0.3, 0.4) is 0 Å². The van der Waals surface area contributed by atoms with Crippen molar-refractivity contribution in [2.45, 2.75) is 32.9 Å². The van der Waals surface area contributed by atoms with Crippen LogP contribution in [0.1, 0.15) is 44.6 Å². The van der Waals surface area contributed by atoms with Crippen LogP contribution in [0.25, 0.3) is 6.08 Å². The number of allylic oxidation sites excluding steroid dienone is 1. The van der Waals surface area contributed by atoms with Gasteiger partial charge in [0.05, 0.1) is 5.66 Å². The van der Waals surface area contributed by atoms with Crippen molar-refractivity contribution in [3.63, 3.8) is 0 Å². The van der Waals surface area contributed by atoms with E-state index in [-0.39, 0.29) is 5.66 Å². The molecule has 0 amide bonds. The molecular weight excluding hydrogens is 419 g/mol. The Morgan fingerprint density at radius 1 is 0.758 bits per heavy atom. The van der Waals surface area contributed by atoms with Crippen LogP contribution in [0.5, 0.6) is 0 Å². The van der Waals surface area contributed by atoms with Gasteiger partial charge in [0.2, 0.25) is 0 Å². The third-order valence-electron chi connectivity index (χ3n) is 6.86. The molecule has 1 aliphatic carbocycles. The second-order valence-electron chi connectivity index (χ2n) is 9.11. The molecule has 2 heteroatoms. The first-order valence-electron chi connectivity index (χ1n) is 11.6. The first kappa shape index (κ1) is 21.7. The van der Waals surface area contributed by atoms with Crippen molar-refractivity contribution in [1.29, 1.82) is 0 Å². The van der Waals surface area contributed by atoms with Gasteiger partial charge in [-0.2, -0.15) is 0 Å². The lowest BCUT2D eigenvalue weighted by molar-refractivity contribution is 0.583. The number of aryl methyl sites for hydroxylation is 3. The van der Waals surface area contributed by atoms with Gasteiger partial charge in [-0.15, -0.1) is 0 Å². The smallest absolute Gasteiger partial charge is 0.154 e. The molecule has 0 aromatic heterocycles. The van der Waals surface area contributed by atoms with E-state index < -0.39 is 7.14 Å². The molecule has 0 spiro atoms. The third kappa shape index (κ3) is 3.81. The van der Waals surface area contributed by atoms with Crippen molar-refractivity contribution in [3.8, 4) is 0 Å². The van der Waals surface area contributed by atoms with Crippen molar-refractivity contribution in [2.75, 3.05) is 0 Å². The highest BCUT2D eigenvalue weighted by molar-refractivity contribution is 7.79. The van der Waals surface area contributed by atoms with Crippen molar-refractivity contribution in [1.82, 2.24) is 0 Å². The molecule has 0 fully saturated rings. The molecule has 0 N–H and O–H groups in total. The zero-order valence-corrected chi connectivity index (χ0v) is 20.3. The minimum atomic E-state index is -3.01. The van der Waals surface area contributed by atoms with Crippen molar-refractivity contribution in [2.24, 2.45) is 0 Å². The molecule has 1 aliphatic rings. The van der Waals surface area contributed by atoms with Gasteiger partial charge in [-0.3, -0.25) is 0 Å². The predicted octanol–water partition coefficient (Wildman–Crippen LogP) is 7.28. The molecule has 0 saturated heterocycles. The Bertz CT molecular complexity index is 1370. The topological polar surface area (TPSA) is 17.1 Å². The zero-order chi connectivity index (χ0) is 23.0. The molecular formula is C31H29OP. The van der Waals surface area contributed by atoms with Gasteiger partial charge >= 0.3 is 0 Å². The fourth-order valence-corrected chi connectivity index (χ4v) is 8.67. The van der Waals surface area contributed by atoms with Crippen LogP contribution in [-0.2, 0) is 11.0 Å². The minimum absolute atomic E-state index is 0.155. The van der Waals surface area contributed by atoms with Crippen molar-refractivity contribution < 1.29 is 4.57 Å². The van der Waals surface area contributed by atoms with Gasteiger partial charge in [-0.1, -0.05) is 109 Å². The van der Waals surface area contributed by atoms with Crippen molar-refractivity contribution in [3.05, 3.63) is 136 Å². The summed E-state index contributed by atoms with van der Waals surface area (Å²) in [6.07, 6.45) is 5.06. The summed E-state index contributed by atoms with van der Waals surface area (Å²) >= 11 is 0. The highest BCUT2D eigenvalue weighted by atomic mass is 31.2. The molecule has 4 aromatic rings. The summed E-state index contributed by atoms with van der Waals surface area (Å²) in [6, 6.07) is 31.3. The summed E-state index contributed by atoms with van der Waals surface area (Å²) in [4.78, 5) is 0.